The minimum Gasteiger partial charge on any atom is -0.376 e. The Morgan fingerprint density at radius 1 is 1.13 bits per heavy atom. The number of aromatic nitrogens is 2. The van der Waals surface area contributed by atoms with Crippen molar-refractivity contribution in [2.45, 2.75) is 39.7 Å². The summed E-state index contributed by atoms with van der Waals surface area (Å²) in [6.45, 7) is 7.85. The summed E-state index contributed by atoms with van der Waals surface area (Å²) >= 11 is 0. The molecule has 0 saturated carbocycles. The molecule has 23 heavy (non-hydrogen) atoms. The van der Waals surface area contributed by atoms with E-state index in [1.807, 2.05) is 19.1 Å². The molecule has 2 N–H and O–H groups in total. The van der Waals surface area contributed by atoms with E-state index in [2.05, 4.69) is 46.6 Å². The van der Waals surface area contributed by atoms with Crippen molar-refractivity contribution in [2.75, 3.05) is 23.8 Å². The first kappa shape index (κ1) is 15.7. The Kier molecular flexibility index (Phi) is 4.76. The number of anilines is 3. The first-order chi connectivity index (χ1) is 11.1. The molecule has 2 aromatic rings. The zero-order valence-corrected chi connectivity index (χ0v) is 14.0. The quantitative estimate of drug-likeness (QED) is 0.881. The molecular formula is C18H24N4O. The Bertz CT molecular complexity index is 681. The van der Waals surface area contributed by atoms with E-state index in [-0.39, 0.29) is 0 Å². The molecule has 3 rings (SSSR count). The van der Waals surface area contributed by atoms with Gasteiger partial charge in [0.05, 0.1) is 6.10 Å². The van der Waals surface area contributed by atoms with Gasteiger partial charge in [0, 0.05) is 30.6 Å². The van der Waals surface area contributed by atoms with Crippen LogP contribution in [-0.4, -0.2) is 29.2 Å². The third kappa shape index (κ3) is 4.20. The Balaban J connectivity index is 1.70. The van der Waals surface area contributed by atoms with Crippen LogP contribution in [0.3, 0.4) is 0 Å². The first-order valence-electron chi connectivity index (χ1n) is 8.15. The molecule has 1 saturated heterocycles. The Labute approximate surface area is 137 Å². The normalized spacial score (nSPS) is 17.3. The fourth-order valence-corrected chi connectivity index (χ4v) is 2.69. The second-order valence-electron chi connectivity index (χ2n) is 6.16. The summed E-state index contributed by atoms with van der Waals surface area (Å²) in [6.07, 6.45) is 2.56. The minimum atomic E-state index is 0.293. The maximum Gasteiger partial charge on any atom is 0.229 e. The van der Waals surface area contributed by atoms with Crippen molar-refractivity contribution >= 4 is 17.5 Å². The van der Waals surface area contributed by atoms with Crippen LogP contribution in [0, 0.1) is 20.8 Å². The molecule has 1 fully saturated rings. The van der Waals surface area contributed by atoms with Crippen molar-refractivity contribution in [2.24, 2.45) is 0 Å². The van der Waals surface area contributed by atoms with Crippen molar-refractivity contribution < 1.29 is 4.74 Å². The van der Waals surface area contributed by atoms with Gasteiger partial charge in [-0.15, -0.1) is 0 Å². The van der Waals surface area contributed by atoms with Crippen LogP contribution in [0.15, 0.2) is 24.3 Å². The highest BCUT2D eigenvalue weighted by molar-refractivity contribution is 5.57. The third-order valence-electron chi connectivity index (χ3n) is 4.15. The number of ether oxygens (including phenoxy) is 1. The topological polar surface area (TPSA) is 59.1 Å². The molecule has 1 unspecified atom stereocenters. The van der Waals surface area contributed by atoms with Crippen LogP contribution >= 0.6 is 0 Å². The van der Waals surface area contributed by atoms with Gasteiger partial charge in [0.2, 0.25) is 5.95 Å². The third-order valence-corrected chi connectivity index (χ3v) is 4.15. The van der Waals surface area contributed by atoms with Gasteiger partial charge in [-0.05, 0) is 56.9 Å². The molecule has 2 heterocycles. The Hall–Kier alpha value is -2.14. The average molecular weight is 312 g/mol. The summed E-state index contributed by atoms with van der Waals surface area (Å²) in [7, 11) is 0. The maximum atomic E-state index is 5.63. The lowest BCUT2D eigenvalue weighted by atomic mass is 10.1. The Morgan fingerprint density at radius 2 is 2.00 bits per heavy atom. The summed E-state index contributed by atoms with van der Waals surface area (Å²) in [5, 5.41) is 6.65. The van der Waals surface area contributed by atoms with Crippen LogP contribution in [0.1, 0.15) is 29.7 Å². The van der Waals surface area contributed by atoms with Crippen LogP contribution in [0.4, 0.5) is 17.5 Å². The molecule has 1 aliphatic heterocycles. The molecule has 1 aliphatic rings. The molecule has 0 amide bonds. The van der Waals surface area contributed by atoms with Crippen molar-refractivity contribution in [3.63, 3.8) is 0 Å². The summed E-state index contributed by atoms with van der Waals surface area (Å²) in [5.74, 6) is 1.45. The van der Waals surface area contributed by atoms with Crippen molar-refractivity contribution in [3.05, 3.63) is 41.1 Å². The van der Waals surface area contributed by atoms with E-state index >= 15 is 0 Å². The highest BCUT2D eigenvalue weighted by Crippen LogP contribution is 2.19. The molecule has 0 spiro atoms. The van der Waals surface area contributed by atoms with Gasteiger partial charge in [-0.3, -0.25) is 0 Å². The SMILES string of the molecule is Cc1cc(NCC2CCCO2)nc(Nc2ccc(C)c(C)c2)n1. The van der Waals surface area contributed by atoms with E-state index in [0.717, 1.165) is 43.2 Å². The molecule has 5 heteroatoms. The van der Waals surface area contributed by atoms with Gasteiger partial charge in [0.15, 0.2) is 0 Å². The summed E-state index contributed by atoms with van der Waals surface area (Å²) in [5.41, 5.74) is 4.46. The van der Waals surface area contributed by atoms with Gasteiger partial charge in [-0.2, -0.15) is 4.98 Å². The standard InChI is InChI=1S/C18H24N4O/c1-12-6-7-15(9-13(12)2)21-18-20-14(3)10-17(22-18)19-11-16-5-4-8-23-16/h6-7,9-10,16H,4-5,8,11H2,1-3H3,(H2,19,20,21,22). The summed E-state index contributed by atoms with van der Waals surface area (Å²) in [6, 6.07) is 8.22. The summed E-state index contributed by atoms with van der Waals surface area (Å²) < 4.78 is 5.63. The van der Waals surface area contributed by atoms with Crippen LogP contribution in [0.25, 0.3) is 0 Å². The first-order valence-corrected chi connectivity index (χ1v) is 8.15. The molecule has 122 valence electrons. The number of rotatable bonds is 5. The van der Waals surface area contributed by atoms with Crippen LogP contribution in [0.5, 0.6) is 0 Å². The predicted octanol–water partition coefficient (Wildman–Crippen LogP) is 3.74. The van der Waals surface area contributed by atoms with Crippen LogP contribution in [0.2, 0.25) is 0 Å². The average Bonchev–Trinajstić information content (AvgIpc) is 3.02. The maximum absolute atomic E-state index is 5.63. The number of hydrogen-bond acceptors (Lipinski definition) is 5. The van der Waals surface area contributed by atoms with E-state index in [0.29, 0.717) is 12.1 Å². The van der Waals surface area contributed by atoms with E-state index in [4.69, 9.17) is 4.74 Å². The second kappa shape index (κ2) is 6.96. The number of benzene rings is 1. The number of nitrogens with zero attached hydrogens (tertiary/aromatic N) is 2. The monoisotopic (exact) mass is 312 g/mol. The van der Waals surface area contributed by atoms with Crippen LogP contribution < -0.4 is 10.6 Å². The molecule has 1 aromatic carbocycles. The van der Waals surface area contributed by atoms with E-state index in [1.54, 1.807) is 0 Å². The lowest BCUT2D eigenvalue weighted by Crippen LogP contribution is -2.19. The zero-order valence-electron chi connectivity index (χ0n) is 14.0. The van der Waals surface area contributed by atoms with Gasteiger partial charge in [0.1, 0.15) is 5.82 Å². The number of hydrogen-bond donors (Lipinski definition) is 2. The zero-order chi connectivity index (χ0) is 16.2. The molecule has 0 aliphatic carbocycles. The fraction of sp³-hybridized carbons (Fsp3) is 0.444. The molecule has 0 bridgehead atoms. The van der Waals surface area contributed by atoms with Gasteiger partial charge in [-0.1, -0.05) is 6.07 Å². The minimum absolute atomic E-state index is 0.293. The lowest BCUT2D eigenvalue weighted by Gasteiger charge is -2.13. The number of nitrogens with one attached hydrogen (secondary N) is 2. The van der Waals surface area contributed by atoms with Gasteiger partial charge >= 0.3 is 0 Å². The van der Waals surface area contributed by atoms with E-state index in [1.165, 1.54) is 11.1 Å². The fourth-order valence-electron chi connectivity index (χ4n) is 2.69. The molecule has 1 atom stereocenters. The van der Waals surface area contributed by atoms with E-state index in [9.17, 15) is 0 Å². The molecule has 1 aromatic heterocycles. The number of aryl methyl sites for hydroxylation is 3. The van der Waals surface area contributed by atoms with Crippen molar-refractivity contribution in [3.8, 4) is 0 Å². The van der Waals surface area contributed by atoms with Gasteiger partial charge in [0.25, 0.3) is 0 Å². The van der Waals surface area contributed by atoms with E-state index < -0.39 is 0 Å². The summed E-state index contributed by atoms with van der Waals surface area (Å²) in [4.78, 5) is 9.02. The van der Waals surface area contributed by atoms with Gasteiger partial charge < -0.3 is 15.4 Å². The highest BCUT2D eigenvalue weighted by atomic mass is 16.5. The van der Waals surface area contributed by atoms with Crippen LogP contribution in [-0.2, 0) is 4.74 Å². The Morgan fingerprint density at radius 3 is 2.74 bits per heavy atom. The molecular weight excluding hydrogens is 288 g/mol. The van der Waals surface area contributed by atoms with Gasteiger partial charge in [-0.25, -0.2) is 4.98 Å². The molecule has 0 radical (unpaired) electrons. The highest BCUT2D eigenvalue weighted by Gasteiger charge is 2.15. The van der Waals surface area contributed by atoms with Crippen molar-refractivity contribution in [1.29, 1.82) is 0 Å². The smallest absolute Gasteiger partial charge is 0.229 e. The lowest BCUT2D eigenvalue weighted by molar-refractivity contribution is 0.120. The molecule has 5 nitrogen and oxygen atoms in total. The second-order valence-corrected chi connectivity index (χ2v) is 6.16. The largest absolute Gasteiger partial charge is 0.376 e. The van der Waals surface area contributed by atoms with Crippen molar-refractivity contribution in [1.82, 2.24) is 9.97 Å². The predicted molar refractivity (Wildman–Crippen MR) is 93.4 cm³/mol.